The highest BCUT2D eigenvalue weighted by molar-refractivity contribution is 6.30. The van der Waals surface area contributed by atoms with Crippen molar-refractivity contribution in [2.75, 3.05) is 6.54 Å². The van der Waals surface area contributed by atoms with E-state index in [1.54, 1.807) is 4.68 Å². The molecule has 0 unspecified atom stereocenters. The number of hydrogen-bond donors (Lipinski definition) is 0. The largest absolute Gasteiger partial charge is 0.295 e. The molecule has 0 saturated carbocycles. The molecular formula is C16H20ClN3. The van der Waals surface area contributed by atoms with Crippen LogP contribution in [0.5, 0.6) is 0 Å². The summed E-state index contributed by atoms with van der Waals surface area (Å²) < 4.78 is 1.76. The van der Waals surface area contributed by atoms with Gasteiger partial charge < -0.3 is 0 Å². The molecule has 3 rings (SSSR count). The number of fused-ring (bicyclic) bond motifs is 1. The first-order valence-corrected chi connectivity index (χ1v) is 7.50. The van der Waals surface area contributed by atoms with Crippen LogP contribution >= 0.6 is 11.6 Å². The Bertz CT molecular complexity index is 618. The molecule has 0 saturated heterocycles. The lowest BCUT2D eigenvalue weighted by Crippen LogP contribution is -2.23. The molecule has 1 aliphatic rings. The third-order valence-electron chi connectivity index (χ3n) is 4.08. The van der Waals surface area contributed by atoms with Crippen molar-refractivity contribution in [3.05, 3.63) is 51.8 Å². The molecule has 1 aromatic heterocycles. The zero-order valence-electron chi connectivity index (χ0n) is 12.1. The van der Waals surface area contributed by atoms with Crippen LogP contribution in [0.4, 0.5) is 0 Å². The van der Waals surface area contributed by atoms with Gasteiger partial charge in [0.1, 0.15) is 5.15 Å². The van der Waals surface area contributed by atoms with E-state index in [1.807, 2.05) is 14.0 Å². The first kappa shape index (κ1) is 13.7. The summed E-state index contributed by atoms with van der Waals surface area (Å²) in [6, 6.07) is 8.76. The summed E-state index contributed by atoms with van der Waals surface area (Å²) in [6.07, 6.45) is 2.38. The van der Waals surface area contributed by atoms with Crippen LogP contribution in [0.15, 0.2) is 24.3 Å². The SMILES string of the molecule is Cc1nn(C)c(Cl)c1CN1CCCc2ccccc2C1. The molecule has 0 amide bonds. The molecule has 2 heterocycles. The second kappa shape index (κ2) is 5.58. The van der Waals surface area contributed by atoms with Crippen LogP contribution in [-0.4, -0.2) is 21.2 Å². The van der Waals surface area contributed by atoms with Crippen molar-refractivity contribution >= 4 is 11.6 Å². The van der Waals surface area contributed by atoms with E-state index in [4.69, 9.17) is 11.6 Å². The summed E-state index contributed by atoms with van der Waals surface area (Å²) >= 11 is 6.35. The van der Waals surface area contributed by atoms with Gasteiger partial charge in [0, 0.05) is 25.7 Å². The number of nitrogens with zero attached hydrogens (tertiary/aromatic N) is 3. The number of halogens is 1. The molecule has 0 radical (unpaired) electrons. The van der Waals surface area contributed by atoms with E-state index >= 15 is 0 Å². The molecular weight excluding hydrogens is 270 g/mol. The van der Waals surface area contributed by atoms with Gasteiger partial charge in [-0.05, 0) is 37.4 Å². The Kier molecular flexibility index (Phi) is 3.81. The van der Waals surface area contributed by atoms with Gasteiger partial charge in [0.05, 0.1) is 5.69 Å². The Morgan fingerprint density at radius 1 is 1.25 bits per heavy atom. The number of rotatable bonds is 2. The van der Waals surface area contributed by atoms with E-state index in [2.05, 4.69) is 34.3 Å². The van der Waals surface area contributed by atoms with Crippen molar-refractivity contribution < 1.29 is 0 Å². The Labute approximate surface area is 125 Å². The number of aromatic nitrogens is 2. The van der Waals surface area contributed by atoms with Crippen LogP contribution in [0, 0.1) is 6.92 Å². The Balaban J connectivity index is 1.82. The quantitative estimate of drug-likeness (QED) is 0.845. The first-order valence-electron chi connectivity index (χ1n) is 7.12. The normalized spacial score (nSPS) is 15.9. The van der Waals surface area contributed by atoms with Gasteiger partial charge in [0.15, 0.2) is 0 Å². The number of benzene rings is 1. The smallest absolute Gasteiger partial charge is 0.131 e. The lowest BCUT2D eigenvalue weighted by atomic mass is 10.0. The third kappa shape index (κ3) is 2.60. The summed E-state index contributed by atoms with van der Waals surface area (Å²) in [6.45, 7) is 5.03. The maximum atomic E-state index is 6.35. The van der Waals surface area contributed by atoms with Crippen LogP contribution in [-0.2, 0) is 26.6 Å². The second-order valence-electron chi connectivity index (χ2n) is 5.56. The van der Waals surface area contributed by atoms with Gasteiger partial charge in [-0.15, -0.1) is 0 Å². The van der Waals surface area contributed by atoms with E-state index in [0.29, 0.717) is 0 Å². The topological polar surface area (TPSA) is 21.1 Å². The molecule has 0 bridgehead atoms. The second-order valence-corrected chi connectivity index (χ2v) is 5.92. The zero-order chi connectivity index (χ0) is 14.1. The Hall–Kier alpha value is -1.32. The fraction of sp³-hybridized carbons (Fsp3) is 0.438. The Morgan fingerprint density at radius 3 is 2.70 bits per heavy atom. The summed E-state index contributed by atoms with van der Waals surface area (Å²) in [5.74, 6) is 0. The third-order valence-corrected chi connectivity index (χ3v) is 4.56. The number of aryl methyl sites for hydroxylation is 3. The Morgan fingerprint density at radius 2 is 2.00 bits per heavy atom. The van der Waals surface area contributed by atoms with Crippen LogP contribution < -0.4 is 0 Å². The summed E-state index contributed by atoms with van der Waals surface area (Å²) in [7, 11) is 1.90. The van der Waals surface area contributed by atoms with Gasteiger partial charge in [0.2, 0.25) is 0 Å². The van der Waals surface area contributed by atoms with Crippen molar-refractivity contribution in [1.29, 1.82) is 0 Å². The fourth-order valence-electron chi connectivity index (χ4n) is 2.98. The van der Waals surface area contributed by atoms with Gasteiger partial charge in [-0.25, -0.2) is 0 Å². The molecule has 3 nitrogen and oxygen atoms in total. The van der Waals surface area contributed by atoms with Crippen molar-refractivity contribution in [1.82, 2.24) is 14.7 Å². The minimum Gasteiger partial charge on any atom is -0.295 e. The van der Waals surface area contributed by atoms with Crippen molar-refractivity contribution in [3.8, 4) is 0 Å². The van der Waals surface area contributed by atoms with Gasteiger partial charge in [-0.3, -0.25) is 9.58 Å². The van der Waals surface area contributed by atoms with Gasteiger partial charge >= 0.3 is 0 Å². The fourth-order valence-corrected chi connectivity index (χ4v) is 3.22. The molecule has 1 aromatic carbocycles. The predicted octanol–water partition coefficient (Wildman–Crippen LogP) is 3.33. The molecule has 1 aliphatic heterocycles. The van der Waals surface area contributed by atoms with Crippen LogP contribution in [0.1, 0.15) is 28.8 Å². The molecule has 0 N–H and O–H groups in total. The van der Waals surface area contributed by atoms with E-state index in [1.165, 1.54) is 24.0 Å². The van der Waals surface area contributed by atoms with Crippen molar-refractivity contribution in [2.45, 2.75) is 32.9 Å². The summed E-state index contributed by atoms with van der Waals surface area (Å²) in [5, 5.41) is 5.17. The standard InChI is InChI=1S/C16H20ClN3/c1-12-15(16(17)19(2)18-12)11-20-9-5-8-13-6-3-4-7-14(13)10-20/h3-4,6-7H,5,8-11H2,1-2H3. The van der Waals surface area contributed by atoms with E-state index in [-0.39, 0.29) is 0 Å². The van der Waals surface area contributed by atoms with Gasteiger partial charge in [-0.1, -0.05) is 35.9 Å². The molecule has 106 valence electrons. The maximum Gasteiger partial charge on any atom is 0.131 e. The monoisotopic (exact) mass is 289 g/mol. The lowest BCUT2D eigenvalue weighted by Gasteiger charge is -2.20. The van der Waals surface area contributed by atoms with E-state index in [9.17, 15) is 0 Å². The molecule has 20 heavy (non-hydrogen) atoms. The highest BCUT2D eigenvalue weighted by Crippen LogP contribution is 2.24. The molecule has 0 aliphatic carbocycles. The average Bonchev–Trinajstić information content (AvgIpc) is 2.62. The summed E-state index contributed by atoms with van der Waals surface area (Å²) in [4.78, 5) is 2.47. The lowest BCUT2D eigenvalue weighted by molar-refractivity contribution is 0.260. The zero-order valence-corrected chi connectivity index (χ0v) is 12.8. The minimum atomic E-state index is 0.764. The molecule has 0 fully saturated rings. The number of hydrogen-bond acceptors (Lipinski definition) is 2. The van der Waals surface area contributed by atoms with Gasteiger partial charge in [0.25, 0.3) is 0 Å². The maximum absolute atomic E-state index is 6.35. The van der Waals surface area contributed by atoms with Gasteiger partial charge in [-0.2, -0.15) is 5.10 Å². The molecule has 2 aromatic rings. The highest BCUT2D eigenvalue weighted by atomic mass is 35.5. The predicted molar refractivity (Wildman–Crippen MR) is 81.8 cm³/mol. The molecule has 0 spiro atoms. The molecule has 0 atom stereocenters. The highest BCUT2D eigenvalue weighted by Gasteiger charge is 2.18. The van der Waals surface area contributed by atoms with Crippen molar-refractivity contribution in [3.63, 3.8) is 0 Å². The first-order chi connectivity index (χ1) is 9.65. The van der Waals surface area contributed by atoms with Crippen LogP contribution in [0.2, 0.25) is 5.15 Å². The van der Waals surface area contributed by atoms with Crippen LogP contribution in [0.3, 0.4) is 0 Å². The molecule has 4 heteroatoms. The van der Waals surface area contributed by atoms with Crippen molar-refractivity contribution in [2.24, 2.45) is 7.05 Å². The van der Waals surface area contributed by atoms with E-state index < -0.39 is 0 Å². The van der Waals surface area contributed by atoms with E-state index in [0.717, 1.165) is 36.0 Å². The average molecular weight is 290 g/mol. The summed E-state index contributed by atoms with van der Waals surface area (Å²) in [5.41, 5.74) is 5.13. The van der Waals surface area contributed by atoms with Crippen LogP contribution in [0.25, 0.3) is 0 Å². The minimum absolute atomic E-state index is 0.764.